The lowest BCUT2D eigenvalue weighted by Crippen LogP contribution is -2.13. The van der Waals surface area contributed by atoms with Crippen LogP contribution >= 0.6 is 22.9 Å². The molecule has 0 aliphatic carbocycles. The largest absolute Gasteiger partial charge is 0.290 e. The monoisotopic (exact) mass is 300 g/mol. The zero-order valence-electron chi connectivity index (χ0n) is 11.0. The van der Waals surface area contributed by atoms with Crippen LogP contribution < -0.4 is 4.80 Å². The molecular formula is C16H13ClN2S. The number of hydrogen-bond donors (Lipinski definition) is 0. The van der Waals surface area contributed by atoms with Gasteiger partial charge in [0, 0.05) is 21.8 Å². The maximum absolute atomic E-state index is 5.90. The predicted molar refractivity (Wildman–Crippen MR) is 85.1 cm³/mol. The fourth-order valence-electron chi connectivity index (χ4n) is 1.99. The number of thiazole rings is 1. The van der Waals surface area contributed by atoms with Crippen molar-refractivity contribution in [2.45, 2.75) is 6.92 Å². The molecule has 0 atom stereocenters. The highest BCUT2D eigenvalue weighted by Crippen LogP contribution is 2.17. The molecule has 0 saturated carbocycles. The van der Waals surface area contributed by atoms with Crippen molar-refractivity contribution in [2.75, 3.05) is 0 Å². The number of para-hydroxylation sites is 1. The van der Waals surface area contributed by atoms with Crippen LogP contribution in [0.5, 0.6) is 0 Å². The molecule has 2 nitrogen and oxygen atoms in total. The van der Waals surface area contributed by atoms with Crippen molar-refractivity contribution in [3.63, 3.8) is 0 Å². The van der Waals surface area contributed by atoms with Gasteiger partial charge in [-0.1, -0.05) is 29.8 Å². The molecule has 0 amide bonds. The van der Waals surface area contributed by atoms with Gasteiger partial charge in [0.15, 0.2) is 4.80 Å². The second kappa shape index (κ2) is 5.65. The van der Waals surface area contributed by atoms with Gasteiger partial charge in [-0.05, 0) is 43.3 Å². The van der Waals surface area contributed by atoms with Crippen molar-refractivity contribution in [1.82, 2.24) is 4.57 Å². The van der Waals surface area contributed by atoms with Gasteiger partial charge in [-0.25, -0.2) is 4.99 Å². The third-order valence-electron chi connectivity index (χ3n) is 2.94. The number of hydrogen-bond acceptors (Lipinski definition) is 2. The van der Waals surface area contributed by atoms with E-state index in [-0.39, 0.29) is 0 Å². The average Bonchev–Trinajstić information content (AvgIpc) is 2.83. The summed E-state index contributed by atoms with van der Waals surface area (Å²) in [6, 6.07) is 17.8. The van der Waals surface area contributed by atoms with Gasteiger partial charge in [-0.2, -0.15) is 0 Å². The normalized spacial score (nSPS) is 11.8. The van der Waals surface area contributed by atoms with E-state index in [1.807, 2.05) is 42.5 Å². The smallest absolute Gasteiger partial charge is 0.194 e. The average molecular weight is 301 g/mol. The SMILES string of the molecule is Cc1csc(=Nc2ccc(Cl)cc2)n1-c1ccccc1. The number of aryl methyl sites for hydroxylation is 1. The molecular weight excluding hydrogens is 288 g/mol. The lowest BCUT2D eigenvalue weighted by Gasteiger charge is -2.05. The Labute approximate surface area is 126 Å². The number of aromatic nitrogens is 1. The van der Waals surface area contributed by atoms with Gasteiger partial charge >= 0.3 is 0 Å². The summed E-state index contributed by atoms with van der Waals surface area (Å²) in [5, 5.41) is 2.84. The summed E-state index contributed by atoms with van der Waals surface area (Å²) in [6.07, 6.45) is 0. The summed E-state index contributed by atoms with van der Waals surface area (Å²) in [4.78, 5) is 5.66. The first-order valence-electron chi connectivity index (χ1n) is 6.27. The van der Waals surface area contributed by atoms with Crippen molar-refractivity contribution in [3.05, 3.63) is 75.5 Å². The predicted octanol–water partition coefficient (Wildman–Crippen LogP) is 4.73. The summed E-state index contributed by atoms with van der Waals surface area (Å²) in [5.41, 5.74) is 3.20. The van der Waals surface area contributed by atoms with E-state index in [9.17, 15) is 0 Å². The van der Waals surface area contributed by atoms with Crippen LogP contribution in [0.25, 0.3) is 5.69 Å². The second-order valence-electron chi connectivity index (χ2n) is 4.42. The first-order chi connectivity index (χ1) is 9.74. The van der Waals surface area contributed by atoms with Crippen LogP contribution in [0.15, 0.2) is 65.0 Å². The summed E-state index contributed by atoms with van der Waals surface area (Å²) < 4.78 is 2.15. The first-order valence-corrected chi connectivity index (χ1v) is 7.53. The molecule has 1 heterocycles. The topological polar surface area (TPSA) is 17.3 Å². The third kappa shape index (κ3) is 2.69. The Morgan fingerprint density at radius 2 is 1.70 bits per heavy atom. The van der Waals surface area contributed by atoms with Crippen LogP contribution in [0, 0.1) is 6.92 Å². The maximum Gasteiger partial charge on any atom is 0.194 e. The zero-order chi connectivity index (χ0) is 13.9. The Balaban J connectivity index is 2.14. The molecule has 0 aliphatic rings. The molecule has 4 heteroatoms. The van der Waals surface area contributed by atoms with Gasteiger partial charge in [0.25, 0.3) is 0 Å². The van der Waals surface area contributed by atoms with Gasteiger partial charge < -0.3 is 0 Å². The molecule has 0 saturated heterocycles. The third-order valence-corrected chi connectivity index (χ3v) is 4.14. The van der Waals surface area contributed by atoms with Crippen LogP contribution in [-0.4, -0.2) is 4.57 Å². The fourth-order valence-corrected chi connectivity index (χ4v) is 3.01. The van der Waals surface area contributed by atoms with E-state index < -0.39 is 0 Å². The van der Waals surface area contributed by atoms with E-state index in [1.54, 1.807) is 11.3 Å². The molecule has 2 aromatic carbocycles. The molecule has 0 N–H and O–H groups in total. The molecule has 0 unspecified atom stereocenters. The van der Waals surface area contributed by atoms with Crippen LogP contribution in [-0.2, 0) is 0 Å². The minimum absolute atomic E-state index is 0.724. The molecule has 1 aromatic heterocycles. The molecule has 0 spiro atoms. The first kappa shape index (κ1) is 13.2. The Morgan fingerprint density at radius 3 is 2.40 bits per heavy atom. The number of rotatable bonds is 2. The molecule has 0 aliphatic heterocycles. The number of benzene rings is 2. The number of halogens is 1. The van der Waals surface area contributed by atoms with Crippen molar-refractivity contribution < 1.29 is 0 Å². The Kier molecular flexibility index (Phi) is 3.72. The molecule has 20 heavy (non-hydrogen) atoms. The standard InChI is InChI=1S/C16H13ClN2S/c1-12-11-20-16(18-14-9-7-13(17)8-10-14)19(12)15-5-3-2-4-6-15/h2-11H,1H3. The van der Waals surface area contributed by atoms with Crippen molar-refractivity contribution >= 4 is 28.6 Å². The van der Waals surface area contributed by atoms with E-state index in [4.69, 9.17) is 16.6 Å². The van der Waals surface area contributed by atoms with Gasteiger partial charge in [-0.3, -0.25) is 4.57 Å². The maximum atomic E-state index is 5.90. The van der Waals surface area contributed by atoms with Gasteiger partial charge in [-0.15, -0.1) is 11.3 Å². The van der Waals surface area contributed by atoms with E-state index >= 15 is 0 Å². The van der Waals surface area contributed by atoms with Crippen LogP contribution in [0.1, 0.15) is 5.69 Å². The Morgan fingerprint density at radius 1 is 1.00 bits per heavy atom. The molecule has 0 fully saturated rings. The highest BCUT2D eigenvalue weighted by Gasteiger charge is 2.03. The lowest BCUT2D eigenvalue weighted by atomic mass is 10.3. The molecule has 0 radical (unpaired) electrons. The highest BCUT2D eigenvalue weighted by atomic mass is 35.5. The van der Waals surface area contributed by atoms with Gasteiger partial charge in [0.1, 0.15) is 0 Å². The molecule has 3 aromatic rings. The Bertz CT molecular complexity index is 770. The van der Waals surface area contributed by atoms with E-state index in [1.165, 1.54) is 5.69 Å². The lowest BCUT2D eigenvalue weighted by molar-refractivity contribution is 0.954. The zero-order valence-corrected chi connectivity index (χ0v) is 12.5. The van der Waals surface area contributed by atoms with Crippen molar-refractivity contribution in [1.29, 1.82) is 0 Å². The highest BCUT2D eigenvalue weighted by molar-refractivity contribution is 7.07. The van der Waals surface area contributed by atoms with E-state index in [2.05, 4.69) is 29.0 Å². The van der Waals surface area contributed by atoms with Crippen molar-refractivity contribution in [3.8, 4) is 5.69 Å². The molecule has 0 bridgehead atoms. The minimum Gasteiger partial charge on any atom is -0.290 e. The quantitative estimate of drug-likeness (QED) is 0.651. The van der Waals surface area contributed by atoms with Crippen LogP contribution in [0.3, 0.4) is 0 Å². The minimum atomic E-state index is 0.724. The van der Waals surface area contributed by atoms with Crippen LogP contribution in [0.2, 0.25) is 5.02 Å². The summed E-state index contributed by atoms with van der Waals surface area (Å²) in [7, 11) is 0. The van der Waals surface area contributed by atoms with E-state index in [0.717, 1.165) is 21.2 Å². The Hall–Kier alpha value is -1.84. The summed E-state index contributed by atoms with van der Waals surface area (Å²) >= 11 is 7.54. The number of nitrogens with zero attached hydrogens (tertiary/aromatic N) is 2. The van der Waals surface area contributed by atoms with Crippen LogP contribution in [0.4, 0.5) is 5.69 Å². The summed E-state index contributed by atoms with van der Waals surface area (Å²) in [6.45, 7) is 2.09. The van der Waals surface area contributed by atoms with E-state index in [0.29, 0.717) is 0 Å². The fraction of sp³-hybridized carbons (Fsp3) is 0.0625. The van der Waals surface area contributed by atoms with Gasteiger partial charge in [0.05, 0.1) is 5.69 Å². The van der Waals surface area contributed by atoms with Crippen molar-refractivity contribution in [2.24, 2.45) is 4.99 Å². The molecule has 3 rings (SSSR count). The summed E-state index contributed by atoms with van der Waals surface area (Å²) in [5.74, 6) is 0. The van der Waals surface area contributed by atoms with Gasteiger partial charge in [0.2, 0.25) is 0 Å². The molecule has 100 valence electrons. The second-order valence-corrected chi connectivity index (χ2v) is 5.69.